The van der Waals surface area contributed by atoms with Crippen molar-refractivity contribution in [1.29, 1.82) is 0 Å². The lowest BCUT2D eigenvalue weighted by atomic mass is 10.0. The predicted molar refractivity (Wildman–Crippen MR) is 94.4 cm³/mol. The van der Waals surface area contributed by atoms with Crippen LogP contribution in [-0.2, 0) is 14.6 Å². The molecule has 0 aromatic carbocycles. The first-order chi connectivity index (χ1) is 11.5. The van der Waals surface area contributed by atoms with Crippen LogP contribution in [0.25, 0.3) is 0 Å². The molecule has 0 spiro atoms. The van der Waals surface area contributed by atoms with E-state index in [1.807, 2.05) is 0 Å². The van der Waals surface area contributed by atoms with E-state index < -0.39 is 21.5 Å². The number of halogens is 1. The number of ether oxygens (including phenoxy) is 1. The molecule has 1 aromatic rings. The lowest BCUT2D eigenvalue weighted by Gasteiger charge is -2.33. The molecule has 9 heteroatoms. The van der Waals surface area contributed by atoms with E-state index >= 15 is 0 Å². The van der Waals surface area contributed by atoms with Crippen molar-refractivity contribution in [3.63, 3.8) is 0 Å². The zero-order valence-electron chi connectivity index (χ0n) is 15.0. The van der Waals surface area contributed by atoms with Crippen molar-refractivity contribution < 1.29 is 17.9 Å². The van der Waals surface area contributed by atoms with Crippen molar-refractivity contribution in [1.82, 2.24) is 14.9 Å². The number of carbonyl (C=O) groups excluding carboxylic acids is 1. The molecule has 0 N–H and O–H groups in total. The van der Waals surface area contributed by atoms with Gasteiger partial charge in [0.1, 0.15) is 10.8 Å². The van der Waals surface area contributed by atoms with Crippen LogP contribution in [0.3, 0.4) is 0 Å². The number of likely N-dealkylation sites (tertiary alicyclic amines) is 1. The number of rotatable bonds is 3. The monoisotopic (exact) mass is 389 g/mol. The summed E-state index contributed by atoms with van der Waals surface area (Å²) in [6.07, 6.45) is 2.44. The summed E-state index contributed by atoms with van der Waals surface area (Å²) in [6.45, 7) is 8.02. The molecule has 1 unspecified atom stereocenters. The second kappa shape index (κ2) is 7.45. The first kappa shape index (κ1) is 19.9. The van der Waals surface area contributed by atoms with Crippen LogP contribution < -0.4 is 0 Å². The molecule has 1 saturated heterocycles. The van der Waals surface area contributed by atoms with Crippen molar-refractivity contribution in [3.05, 3.63) is 16.9 Å². The SMILES string of the molecule is Cc1cnc(S(=O)(=O)CC2CCCN(C(=O)OC(C)(C)C)C2)nc1Cl. The van der Waals surface area contributed by atoms with Gasteiger partial charge in [-0.3, -0.25) is 0 Å². The zero-order valence-corrected chi connectivity index (χ0v) is 16.5. The molecule has 25 heavy (non-hydrogen) atoms. The van der Waals surface area contributed by atoms with Crippen LogP contribution in [0.15, 0.2) is 11.4 Å². The summed E-state index contributed by atoms with van der Waals surface area (Å²) >= 11 is 5.90. The number of carbonyl (C=O) groups is 1. The molecule has 140 valence electrons. The molecule has 2 rings (SSSR count). The van der Waals surface area contributed by atoms with E-state index in [1.165, 1.54) is 6.20 Å². The fourth-order valence-electron chi connectivity index (χ4n) is 2.63. The average molecular weight is 390 g/mol. The standard InChI is InChI=1S/C16H24ClN3O4S/c1-11-8-18-14(19-13(11)17)25(22,23)10-12-6-5-7-20(9-12)15(21)24-16(2,3)4/h8,12H,5-7,9-10H2,1-4H3. The first-order valence-corrected chi connectivity index (χ1v) is 10.2. The summed E-state index contributed by atoms with van der Waals surface area (Å²) in [4.78, 5) is 21.5. The van der Waals surface area contributed by atoms with E-state index in [1.54, 1.807) is 32.6 Å². The third kappa shape index (κ3) is 5.54. The summed E-state index contributed by atoms with van der Waals surface area (Å²) in [6, 6.07) is 0. The Bertz CT molecular complexity index is 746. The van der Waals surface area contributed by atoms with E-state index in [9.17, 15) is 13.2 Å². The van der Waals surface area contributed by atoms with Crippen LogP contribution in [0.5, 0.6) is 0 Å². The van der Waals surface area contributed by atoms with E-state index in [2.05, 4.69) is 9.97 Å². The van der Waals surface area contributed by atoms with Gasteiger partial charge < -0.3 is 9.64 Å². The van der Waals surface area contributed by atoms with E-state index in [-0.39, 0.29) is 22.0 Å². The van der Waals surface area contributed by atoms with Gasteiger partial charge in [0.2, 0.25) is 15.0 Å². The minimum atomic E-state index is -3.67. The van der Waals surface area contributed by atoms with Crippen molar-refractivity contribution in [2.75, 3.05) is 18.8 Å². The molecule has 0 bridgehead atoms. The lowest BCUT2D eigenvalue weighted by Crippen LogP contribution is -2.44. The highest BCUT2D eigenvalue weighted by Gasteiger charge is 2.31. The minimum absolute atomic E-state index is 0.119. The number of aryl methyl sites for hydroxylation is 1. The van der Waals surface area contributed by atoms with Gasteiger partial charge in [-0.15, -0.1) is 0 Å². The quantitative estimate of drug-likeness (QED) is 0.583. The smallest absolute Gasteiger partial charge is 0.410 e. The van der Waals surface area contributed by atoms with Crippen molar-refractivity contribution in [2.45, 2.75) is 51.3 Å². The van der Waals surface area contributed by atoms with Gasteiger partial charge in [-0.1, -0.05) is 11.6 Å². The lowest BCUT2D eigenvalue weighted by molar-refractivity contribution is 0.0176. The maximum atomic E-state index is 12.6. The van der Waals surface area contributed by atoms with Crippen LogP contribution in [0, 0.1) is 12.8 Å². The number of nitrogens with zero attached hydrogens (tertiary/aromatic N) is 3. The molecule has 0 aliphatic carbocycles. The Labute approximate surface area is 153 Å². The fourth-order valence-corrected chi connectivity index (χ4v) is 4.30. The molecular weight excluding hydrogens is 366 g/mol. The van der Waals surface area contributed by atoms with Gasteiger partial charge in [-0.25, -0.2) is 23.2 Å². The van der Waals surface area contributed by atoms with Crippen molar-refractivity contribution in [3.8, 4) is 0 Å². The summed E-state index contributed by atoms with van der Waals surface area (Å²) in [5.74, 6) is -0.305. The second-order valence-electron chi connectivity index (χ2n) is 7.34. The average Bonchev–Trinajstić information content (AvgIpc) is 2.48. The Morgan fingerprint density at radius 2 is 2.12 bits per heavy atom. The third-order valence-electron chi connectivity index (χ3n) is 3.79. The van der Waals surface area contributed by atoms with Gasteiger partial charge in [-0.2, -0.15) is 0 Å². The molecule has 1 atom stereocenters. The minimum Gasteiger partial charge on any atom is -0.444 e. The van der Waals surface area contributed by atoms with Crippen LogP contribution in [0.4, 0.5) is 4.79 Å². The van der Waals surface area contributed by atoms with E-state index in [0.29, 0.717) is 18.7 Å². The van der Waals surface area contributed by atoms with Crippen LogP contribution in [0.1, 0.15) is 39.2 Å². The molecular formula is C16H24ClN3O4S. The molecule has 0 saturated carbocycles. The molecule has 1 aliphatic rings. The van der Waals surface area contributed by atoms with Crippen LogP contribution in [0.2, 0.25) is 5.15 Å². The topological polar surface area (TPSA) is 89.5 Å². The van der Waals surface area contributed by atoms with Crippen LogP contribution in [-0.4, -0.2) is 53.8 Å². The van der Waals surface area contributed by atoms with E-state index in [4.69, 9.17) is 16.3 Å². The summed E-state index contributed by atoms with van der Waals surface area (Å²) < 4.78 is 30.5. The highest BCUT2D eigenvalue weighted by molar-refractivity contribution is 7.91. The number of piperidine rings is 1. The number of aromatic nitrogens is 2. The highest BCUT2D eigenvalue weighted by atomic mass is 35.5. The molecule has 1 aliphatic heterocycles. The number of hydrogen-bond donors (Lipinski definition) is 0. The van der Waals surface area contributed by atoms with E-state index in [0.717, 1.165) is 12.8 Å². The number of hydrogen-bond acceptors (Lipinski definition) is 6. The third-order valence-corrected chi connectivity index (χ3v) is 5.84. The van der Waals surface area contributed by atoms with Gasteiger partial charge in [-0.05, 0) is 46.5 Å². The zero-order chi connectivity index (χ0) is 18.8. The molecule has 1 fully saturated rings. The van der Waals surface area contributed by atoms with Gasteiger partial charge in [0.15, 0.2) is 0 Å². The van der Waals surface area contributed by atoms with Crippen LogP contribution >= 0.6 is 11.6 Å². The summed E-state index contributed by atoms with van der Waals surface area (Å²) in [5.41, 5.74) is 0.0390. The van der Waals surface area contributed by atoms with Gasteiger partial charge in [0, 0.05) is 24.8 Å². The molecule has 2 heterocycles. The largest absolute Gasteiger partial charge is 0.444 e. The van der Waals surface area contributed by atoms with Crippen molar-refractivity contribution >= 4 is 27.5 Å². The normalized spacial score (nSPS) is 18.9. The first-order valence-electron chi connectivity index (χ1n) is 8.18. The number of sulfone groups is 1. The Morgan fingerprint density at radius 3 is 2.72 bits per heavy atom. The maximum absolute atomic E-state index is 12.6. The Morgan fingerprint density at radius 1 is 1.44 bits per heavy atom. The Hall–Kier alpha value is -1.41. The Balaban J connectivity index is 2.06. The van der Waals surface area contributed by atoms with Gasteiger partial charge >= 0.3 is 6.09 Å². The molecule has 1 amide bonds. The Kier molecular flexibility index (Phi) is 5.93. The summed E-state index contributed by atoms with van der Waals surface area (Å²) in [7, 11) is -3.67. The molecule has 1 aromatic heterocycles. The van der Waals surface area contributed by atoms with Gasteiger partial charge in [0.25, 0.3) is 0 Å². The van der Waals surface area contributed by atoms with Gasteiger partial charge in [0.05, 0.1) is 5.75 Å². The number of amides is 1. The molecule has 7 nitrogen and oxygen atoms in total. The second-order valence-corrected chi connectivity index (χ2v) is 9.63. The predicted octanol–water partition coefficient (Wildman–Crippen LogP) is 2.86. The highest BCUT2D eigenvalue weighted by Crippen LogP contribution is 2.23. The maximum Gasteiger partial charge on any atom is 0.410 e. The fraction of sp³-hybridized carbons (Fsp3) is 0.688. The molecule has 0 radical (unpaired) electrons. The summed E-state index contributed by atoms with van der Waals surface area (Å²) in [5, 5.41) is -0.134. The van der Waals surface area contributed by atoms with Crippen molar-refractivity contribution in [2.24, 2.45) is 5.92 Å².